The molecule has 0 unspecified atom stereocenters. The SMILES string of the molecule is CC1=C=C(C)C(C)=C=C1C. The van der Waals surface area contributed by atoms with Crippen molar-refractivity contribution in [1.29, 1.82) is 0 Å². The lowest BCUT2D eigenvalue weighted by atomic mass is 10.0. The Balaban J connectivity index is 3.28. The van der Waals surface area contributed by atoms with Gasteiger partial charge < -0.3 is 0 Å². The van der Waals surface area contributed by atoms with E-state index >= 15 is 0 Å². The van der Waals surface area contributed by atoms with Crippen molar-refractivity contribution in [2.75, 3.05) is 0 Å². The third-order valence-corrected chi connectivity index (χ3v) is 1.88. The van der Waals surface area contributed by atoms with Gasteiger partial charge in [0, 0.05) is 22.3 Å². The zero-order chi connectivity index (χ0) is 7.72. The first kappa shape index (κ1) is 7.15. The molecule has 0 atom stereocenters. The van der Waals surface area contributed by atoms with Gasteiger partial charge in [-0.1, -0.05) is 0 Å². The Kier molecular flexibility index (Phi) is 1.68. The van der Waals surface area contributed by atoms with E-state index in [1.807, 2.05) is 0 Å². The molecule has 0 saturated heterocycles. The molecule has 0 saturated carbocycles. The van der Waals surface area contributed by atoms with Crippen LogP contribution in [-0.2, 0) is 0 Å². The lowest BCUT2D eigenvalue weighted by Gasteiger charge is -2.02. The second-order valence-corrected chi connectivity index (χ2v) is 2.75. The van der Waals surface area contributed by atoms with Crippen LogP contribution >= 0.6 is 0 Å². The van der Waals surface area contributed by atoms with Crippen molar-refractivity contribution in [3.8, 4) is 0 Å². The molecule has 0 aromatic carbocycles. The van der Waals surface area contributed by atoms with Gasteiger partial charge in [-0.15, -0.1) is 11.5 Å². The van der Waals surface area contributed by atoms with Crippen molar-refractivity contribution in [3.05, 3.63) is 33.8 Å². The average molecular weight is 132 g/mol. The summed E-state index contributed by atoms with van der Waals surface area (Å²) in [5.74, 6) is 0. The Morgan fingerprint density at radius 1 is 0.600 bits per heavy atom. The third-order valence-electron chi connectivity index (χ3n) is 1.88. The molecule has 10 heavy (non-hydrogen) atoms. The summed E-state index contributed by atoms with van der Waals surface area (Å²) in [7, 11) is 0. The topological polar surface area (TPSA) is 0 Å². The number of allylic oxidation sites excluding steroid dienone is 2. The van der Waals surface area contributed by atoms with E-state index in [0.29, 0.717) is 0 Å². The third kappa shape index (κ3) is 1.14. The molecule has 0 amide bonds. The van der Waals surface area contributed by atoms with Gasteiger partial charge in [0.2, 0.25) is 0 Å². The summed E-state index contributed by atoms with van der Waals surface area (Å²) in [4.78, 5) is 0. The van der Waals surface area contributed by atoms with E-state index in [4.69, 9.17) is 0 Å². The van der Waals surface area contributed by atoms with Crippen LogP contribution < -0.4 is 0 Å². The molecule has 0 heterocycles. The van der Waals surface area contributed by atoms with E-state index in [2.05, 4.69) is 39.2 Å². The van der Waals surface area contributed by atoms with Crippen LogP contribution in [0.5, 0.6) is 0 Å². The lowest BCUT2D eigenvalue weighted by molar-refractivity contribution is 1.26. The highest BCUT2D eigenvalue weighted by Gasteiger charge is 1.98. The van der Waals surface area contributed by atoms with Crippen LogP contribution in [0.2, 0.25) is 0 Å². The van der Waals surface area contributed by atoms with Crippen molar-refractivity contribution in [1.82, 2.24) is 0 Å². The van der Waals surface area contributed by atoms with E-state index in [9.17, 15) is 0 Å². The Bertz CT molecular complexity index is 232. The van der Waals surface area contributed by atoms with E-state index in [0.717, 1.165) is 0 Å². The highest BCUT2D eigenvalue weighted by atomic mass is 14.0. The fourth-order valence-electron chi connectivity index (χ4n) is 0.938. The van der Waals surface area contributed by atoms with E-state index in [1.54, 1.807) is 0 Å². The summed E-state index contributed by atoms with van der Waals surface area (Å²) in [6.07, 6.45) is 0. The number of hydrogen-bond acceptors (Lipinski definition) is 0. The van der Waals surface area contributed by atoms with Crippen LogP contribution in [0.4, 0.5) is 0 Å². The fraction of sp³-hybridized carbons (Fsp3) is 0.400. The van der Waals surface area contributed by atoms with Crippen molar-refractivity contribution in [2.24, 2.45) is 0 Å². The summed E-state index contributed by atoms with van der Waals surface area (Å²) in [6.45, 7) is 8.27. The van der Waals surface area contributed by atoms with Crippen LogP contribution in [0.3, 0.4) is 0 Å². The van der Waals surface area contributed by atoms with Crippen molar-refractivity contribution in [3.63, 3.8) is 0 Å². The number of hydrogen-bond donors (Lipinski definition) is 0. The summed E-state index contributed by atoms with van der Waals surface area (Å²) >= 11 is 0. The zero-order valence-corrected chi connectivity index (χ0v) is 7.00. The van der Waals surface area contributed by atoms with Gasteiger partial charge in [-0.25, -0.2) is 0 Å². The summed E-state index contributed by atoms with van der Waals surface area (Å²) in [5, 5.41) is 0. The highest BCUT2D eigenvalue weighted by Crippen LogP contribution is 2.16. The molecule has 1 aliphatic rings. The Labute approximate surface area is 62.3 Å². The van der Waals surface area contributed by atoms with Crippen LogP contribution in [-0.4, -0.2) is 0 Å². The Hall–Kier alpha value is -0.960. The second-order valence-electron chi connectivity index (χ2n) is 2.75. The molecule has 0 spiro atoms. The van der Waals surface area contributed by atoms with Gasteiger partial charge in [0.1, 0.15) is 0 Å². The van der Waals surface area contributed by atoms with Crippen molar-refractivity contribution >= 4 is 0 Å². The average Bonchev–Trinajstić information content (AvgIpc) is 1.84. The maximum atomic E-state index is 3.28. The van der Waals surface area contributed by atoms with Gasteiger partial charge in [0.25, 0.3) is 0 Å². The van der Waals surface area contributed by atoms with Crippen LogP contribution in [0.25, 0.3) is 0 Å². The molecule has 0 heteroatoms. The lowest BCUT2D eigenvalue weighted by Crippen LogP contribution is -1.85. The smallest absolute Gasteiger partial charge is 0.00181 e. The molecule has 0 bridgehead atoms. The van der Waals surface area contributed by atoms with Gasteiger partial charge in [-0.2, -0.15) is 0 Å². The molecule has 0 aliphatic heterocycles. The van der Waals surface area contributed by atoms with Gasteiger partial charge >= 0.3 is 0 Å². The largest absolute Gasteiger partial charge is 0.113 e. The van der Waals surface area contributed by atoms with Gasteiger partial charge in [-0.05, 0) is 27.7 Å². The van der Waals surface area contributed by atoms with Crippen LogP contribution in [0.15, 0.2) is 33.8 Å². The Morgan fingerprint density at radius 3 is 1.00 bits per heavy atom. The van der Waals surface area contributed by atoms with Gasteiger partial charge in [0.05, 0.1) is 0 Å². The Morgan fingerprint density at radius 2 is 0.800 bits per heavy atom. The monoisotopic (exact) mass is 132 g/mol. The van der Waals surface area contributed by atoms with E-state index in [-0.39, 0.29) is 0 Å². The minimum atomic E-state index is 1.21. The maximum Gasteiger partial charge on any atom is 0.00181 e. The summed E-state index contributed by atoms with van der Waals surface area (Å²) in [5.41, 5.74) is 11.4. The first-order valence-electron chi connectivity index (χ1n) is 3.50. The molecule has 0 N–H and O–H groups in total. The second kappa shape index (κ2) is 2.34. The minimum absolute atomic E-state index is 1.21. The van der Waals surface area contributed by atoms with Gasteiger partial charge in [0.15, 0.2) is 0 Å². The maximum absolute atomic E-state index is 3.28. The van der Waals surface area contributed by atoms with E-state index < -0.39 is 0 Å². The standard InChI is InChI=1S/C10H12/c1-7-5-9(3)10(4)6-8(7)2/h1-4H3. The van der Waals surface area contributed by atoms with Crippen molar-refractivity contribution in [2.45, 2.75) is 27.7 Å². The predicted molar refractivity (Wildman–Crippen MR) is 43.8 cm³/mol. The molecule has 0 radical (unpaired) electrons. The molecule has 0 aromatic heterocycles. The fourth-order valence-corrected chi connectivity index (χ4v) is 0.938. The van der Waals surface area contributed by atoms with Gasteiger partial charge in [-0.3, -0.25) is 0 Å². The molecule has 0 nitrogen and oxygen atoms in total. The normalized spacial score (nSPS) is 17.2. The molecular formula is C10H12. The molecule has 1 aliphatic carbocycles. The minimum Gasteiger partial charge on any atom is -0.113 e. The number of rotatable bonds is 0. The molecule has 0 aromatic rings. The summed E-state index contributed by atoms with van der Waals surface area (Å²) < 4.78 is 0. The predicted octanol–water partition coefficient (Wildman–Crippen LogP) is 2.98. The molecular weight excluding hydrogens is 120 g/mol. The first-order valence-corrected chi connectivity index (χ1v) is 3.50. The molecule has 0 fully saturated rings. The summed E-state index contributed by atoms with van der Waals surface area (Å²) in [6, 6.07) is 0. The quantitative estimate of drug-likeness (QED) is 0.444. The first-order chi connectivity index (χ1) is 4.61. The van der Waals surface area contributed by atoms with Crippen LogP contribution in [0.1, 0.15) is 27.7 Å². The van der Waals surface area contributed by atoms with Crippen molar-refractivity contribution < 1.29 is 0 Å². The highest BCUT2D eigenvalue weighted by molar-refractivity contribution is 5.40. The molecule has 1 rings (SSSR count). The molecule has 52 valence electrons. The zero-order valence-electron chi connectivity index (χ0n) is 7.00. The van der Waals surface area contributed by atoms with Crippen LogP contribution in [0, 0.1) is 0 Å². The van der Waals surface area contributed by atoms with E-state index in [1.165, 1.54) is 22.3 Å².